The molecule has 5 nitrogen and oxygen atoms in total. The number of halogens is 2. The van der Waals surface area contributed by atoms with Gasteiger partial charge in [-0.05, 0) is 58.0 Å². The minimum atomic E-state index is -0.692. The third-order valence-corrected chi connectivity index (χ3v) is 4.55. The van der Waals surface area contributed by atoms with E-state index < -0.39 is 17.4 Å². The Morgan fingerprint density at radius 3 is 2.30 bits per heavy atom. The molecule has 7 heteroatoms. The van der Waals surface area contributed by atoms with E-state index in [1.54, 1.807) is 31.2 Å². The van der Waals surface area contributed by atoms with E-state index in [2.05, 4.69) is 5.43 Å². The van der Waals surface area contributed by atoms with Crippen molar-refractivity contribution in [2.45, 2.75) is 33.2 Å². The molecule has 1 N–H and O–H groups in total. The maximum atomic E-state index is 13.1. The minimum Gasteiger partial charge on any atom is -0.496 e. The van der Waals surface area contributed by atoms with Gasteiger partial charge in [-0.2, -0.15) is 0 Å². The summed E-state index contributed by atoms with van der Waals surface area (Å²) in [7, 11) is 1.54. The van der Waals surface area contributed by atoms with Crippen LogP contribution in [0.4, 0.5) is 0 Å². The molecule has 0 aliphatic rings. The van der Waals surface area contributed by atoms with Crippen molar-refractivity contribution in [2.24, 2.45) is 0 Å². The van der Waals surface area contributed by atoms with Crippen molar-refractivity contribution in [3.05, 3.63) is 63.1 Å². The van der Waals surface area contributed by atoms with Crippen LogP contribution in [0.15, 0.2) is 36.4 Å². The Hall–Kier alpha value is -2.24. The van der Waals surface area contributed by atoms with Crippen LogP contribution in [-0.4, -0.2) is 29.5 Å². The fourth-order valence-electron chi connectivity index (χ4n) is 2.55. The number of methoxy groups -OCH3 is 1. The highest BCUT2D eigenvalue weighted by Crippen LogP contribution is 2.25. The first-order chi connectivity index (χ1) is 12.6. The molecule has 2 amide bonds. The number of nitrogens with zero attached hydrogens (tertiary/aromatic N) is 1. The van der Waals surface area contributed by atoms with E-state index in [4.69, 9.17) is 27.9 Å². The summed E-state index contributed by atoms with van der Waals surface area (Å²) in [5, 5.41) is 1.91. The first-order valence-electron chi connectivity index (χ1n) is 8.30. The second kappa shape index (κ2) is 8.19. The SMILES string of the molecule is COc1cccc(C(=O)NN(C(=O)c2ccc(Cl)cc2Cl)C(C)(C)C)c1C. The van der Waals surface area contributed by atoms with Crippen LogP contribution < -0.4 is 10.2 Å². The third kappa shape index (κ3) is 4.73. The molecule has 2 aromatic rings. The standard InChI is InChI=1S/C20H22Cl2N2O3/c1-12-14(7-6-8-17(12)27-5)18(25)23-24(20(2,3)4)19(26)15-10-9-13(21)11-16(15)22/h6-11H,1-5H3,(H,23,25). The van der Waals surface area contributed by atoms with Gasteiger partial charge in [-0.1, -0.05) is 29.3 Å². The number of hydrazine groups is 1. The number of ether oxygens (including phenoxy) is 1. The number of benzene rings is 2. The second-order valence-corrected chi connectivity index (χ2v) is 7.85. The second-order valence-electron chi connectivity index (χ2n) is 7.01. The summed E-state index contributed by atoms with van der Waals surface area (Å²) in [5.74, 6) is -0.255. The van der Waals surface area contributed by atoms with E-state index in [1.165, 1.54) is 24.3 Å². The molecule has 0 atom stereocenters. The maximum Gasteiger partial charge on any atom is 0.274 e. The molecule has 2 aromatic carbocycles. The van der Waals surface area contributed by atoms with Crippen molar-refractivity contribution in [1.82, 2.24) is 10.4 Å². The molecule has 0 aliphatic heterocycles. The largest absolute Gasteiger partial charge is 0.496 e. The molecule has 0 aromatic heterocycles. The lowest BCUT2D eigenvalue weighted by Crippen LogP contribution is -2.56. The lowest BCUT2D eigenvalue weighted by atomic mass is 10.1. The number of carbonyl (C=O) groups excluding carboxylic acids is 2. The van der Waals surface area contributed by atoms with Crippen molar-refractivity contribution in [1.29, 1.82) is 0 Å². The summed E-state index contributed by atoms with van der Waals surface area (Å²) in [4.78, 5) is 25.9. The van der Waals surface area contributed by atoms with Crippen LogP contribution >= 0.6 is 23.2 Å². The molecular formula is C20H22Cl2N2O3. The van der Waals surface area contributed by atoms with E-state index in [-0.39, 0.29) is 10.6 Å². The molecule has 0 saturated carbocycles. The number of nitrogens with one attached hydrogen (secondary N) is 1. The van der Waals surface area contributed by atoms with Gasteiger partial charge in [0.2, 0.25) is 0 Å². The Morgan fingerprint density at radius 1 is 1.07 bits per heavy atom. The molecule has 0 bridgehead atoms. The topological polar surface area (TPSA) is 58.6 Å². The van der Waals surface area contributed by atoms with Gasteiger partial charge in [0.15, 0.2) is 0 Å². The monoisotopic (exact) mass is 408 g/mol. The first-order valence-corrected chi connectivity index (χ1v) is 9.06. The van der Waals surface area contributed by atoms with Crippen LogP contribution in [0, 0.1) is 6.92 Å². The summed E-state index contributed by atoms with van der Waals surface area (Å²) in [6.07, 6.45) is 0. The third-order valence-electron chi connectivity index (χ3n) is 4.00. The van der Waals surface area contributed by atoms with Crippen LogP contribution in [0.25, 0.3) is 0 Å². The summed E-state index contributed by atoms with van der Waals surface area (Å²) in [6.45, 7) is 7.22. The zero-order valence-corrected chi connectivity index (χ0v) is 17.4. The van der Waals surface area contributed by atoms with Crippen molar-refractivity contribution >= 4 is 35.0 Å². The normalized spacial score (nSPS) is 11.1. The van der Waals surface area contributed by atoms with E-state index in [1.807, 2.05) is 20.8 Å². The highest BCUT2D eigenvalue weighted by atomic mass is 35.5. The number of amides is 2. The Balaban J connectivity index is 2.38. The Labute approximate surface area is 169 Å². The van der Waals surface area contributed by atoms with Gasteiger partial charge in [-0.15, -0.1) is 0 Å². The predicted molar refractivity (Wildman–Crippen MR) is 108 cm³/mol. The van der Waals surface area contributed by atoms with Crippen molar-refractivity contribution in [3.8, 4) is 5.75 Å². The molecular weight excluding hydrogens is 387 g/mol. The van der Waals surface area contributed by atoms with Gasteiger partial charge in [-0.25, -0.2) is 5.01 Å². The van der Waals surface area contributed by atoms with Gasteiger partial charge in [-0.3, -0.25) is 15.0 Å². The number of hydrogen-bond donors (Lipinski definition) is 1. The average molecular weight is 409 g/mol. The van der Waals surface area contributed by atoms with E-state index >= 15 is 0 Å². The van der Waals surface area contributed by atoms with Crippen LogP contribution in [0.3, 0.4) is 0 Å². The highest BCUT2D eigenvalue weighted by Gasteiger charge is 2.31. The average Bonchev–Trinajstić information content (AvgIpc) is 2.58. The predicted octanol–water partition coefficient (Wildman–Crippen LogP) is 4.90. The van der Waals surface area contributed by atoms with E-state index in [0.717, 1.165) is 0 Å². The van der Waals surface area contributed by atoms with Crippen LogP contribution in [-0.2, 0) is 0 Å². The molecule has 0 heterocycles. The molecule has 0 unspecified atom stereocenters. The highest BCUT2D eigenvalue weighted by molar-refractivity contribution is 6.36. The first kappa shape index (κ1) is 21.1. The lowest BCUT2D eigenvalue weighted by molar-refractivity contribution is 0.0358. The number of rotatable bonds is 3. The maximum absolute atomic E-state index is 13.1. The summed E-state index contributed by atoms with van der Waals surface area (Å²) >= 11 is 12.1. The zero-order valence-electron chi connectivity index (χ0n) is 15.9. The van der Waals surface area contributed by atoms with Gasteiger partial charge in [0.25, 0.3) is 11.8 Å². The molecule has 0 fully saturated rings. The summed E-state index contributed by atoms with van der Waals surface area (Å²) in [5.41, 5.74) is 3.36. The summed E-state index contributed by atoms with van der Waals surface area (Å²) in [6, 6.07) is 9.77. The van der Waals surface area contributed by atoms with Gasteiger partial charge in [0.1, 0.15) is 5.75 Å². The van der Waals surface area contributed by atoms with Crippen molar-refractivity contribution in [3.63, 3.8) is 0 Å². The fourth-order valence-corrected chi connectivity index (χ4v) is 3.04. The lowest BCUT2D eigenvalue weighted by Gasteiger charge is -2.35. The van der Waals surface area contributed by atoms with Crippen molar-refractivity contribution < 1.29 is 14.3 Å². The minimum absolute atomic E-state index is 0.216. The molecule has 0 aliphatic carbocycles. The van der Waals surface area contributed by atoms with E-state index in [0.29, 0.717) is 21.9 Å². The van der Waals surface area contributed by atoms with Gasteiger partial charge >= 0.3 is 0 Å². The smallest absolute Gasteiger partial charge is 0.274 e. The molecule has 2 rings (SSSR count). The van der Waals surface area contributed by atoms with Crippen LogP contribution in [0.5, 0.6) is 5.75 Å². The summed E-state index contributed by atoms with van der Waals surface area (Å²) < 4.78 is 5.26. The van der Waals surface area contributed by atoms with Gasteiger partial charge in [0.05, 0.1) is 23.2 Å². The Morgan fingerprint density at radius 2 is 1.74 bits per heavy atom. The van der Waals surface area contributed by atoms with Crippen LogP contribution in [0.1, 0.15) is 47.1 Å². The van der Waals surface area contributed by atoms with Gasteiger partial charge in [0, 0.05) is 16.1 Å². The fraction of sp³-hybridized carbons (Fsp3) is 0.300. The molecule has 0 spiro atoms. The molecule has 0 saturated heterocycles. The van der Waals surface area contributed by atoms with Crippen molar-refractivity contribution in [2.75, 3.05) is 7.11 Å². The van der Waals surface area contributed by atoms with Gasteiger partial charge < -0.3 is 4.74 Å². The molecule has 27 heavy (non-hydrogen) atoms. The number of carbonyl (C=O) groups is 2. The number of hydrogen-bond acceptors (Lipinski definition) is 3. The molecule has 0 radical (unpaired) electrons. The van der Waals surface area contributed by atoms with E-state index in [9.17, 15) is 9.59 Å². The molecule has 144 valence electrons. The Bertz CT molecular complexity index is 876. The van der Waals surface area contributed by atoms with Crippen LogP contribution in [0.2, 0.25) is 10.0 Å². The zero-order chi connectivity index (χ0) is 20.4. The Kier molecular flexibility index (Phi) is 6.39. The quantitative estimate of drug-likeness (QED) is 0.734.